The monoisotopic (exact) mass is 478 g/mol. The van der Waals surface area contributed by atoms with Crippen LogP contribution in [0.5, 0.6) is 0 Å². The Labute approximate surface area is 211 Å². The van der Waals surface area contributed by atoms with E-state index in [2.05, 4.69) is 29.7 Å². The first-order valence-electron chi connectivity index (χ1n) is 12.3. The molecule has 1 aliphatic rings. The Hall–Kier alpha value is -4.19. The number of carbonyl (C=O) groups is 1. The third-order valence-corrected chi connectivity index (χ3v) is 6.94. The molecule has 1 fully saturated rings. The number of ether oxygens (including phenoxy) is 1. The lowest BCUT2D eigenvalue weighted by Crippen LogP contribution is -2.43. The van der Waals surface area contributed by atoms with Crippen LogP contribution < -0.4 is 10.6 Å². The molecule has 0 saturated heterocycles. The molecule has 0 aliphatic heterocycles. The van der Waals surface area contributed by atoms with E-state index in [0.29, 0.717) is 5.95 Å². The van der Waals surface area contributed by atoms with Gasteiger partial charge in [-0.05, 0) is 43.0 Å². The van der Waals surface area contributed by atoms with Gasteiger partial charge in [-0.1, -0.05) is 79.2 Å². The van der Waals surface area contributed by atoms with E-state index in [1.54, 1.807) is 0 Å². The summed E-state index contributed by atoms with van der Waals surface area (Å²) in [5.74, 6) is 1.08. The molecule has 1 aromatic heterocycles. The van der Waals surface area contributed by atoms with Crippen LogP contribution in [0.4, 0.5) is 17.5 Å². The van der Waals surface area contributed by atoms with Crippen molar-refractivity contribution < 1.29 is 9.53 Å². The molecular weight excluding hydrogens is 448 g/mol. The number of rotatable bonds is 8. The van der Waals surface area contributed by atoms with E-state index in [-0.39, 0.29) is 12.0 Å². The largest absolute Gasteiger partial charge is 0.468 e. The molecule has 1 atom stereocenters. The molecule has 0 amide bonds. The number of carbonyl (C=O) groups excluding carboxylic acids is 1. The van der Waals surface area contributed by atoms with Crippen LogP contribution in [0.25, 0.3) is 11.3 Å². The van der Waals surface area contributed by atoms with Gasteiger partial charge in [-0.3, -0.25) is 4.79 Å². The minimum atomic E-state index is -0.512. The number of hydrogen-bond acceptors (Lipinski definition) is 6. The molecule has 1 heterocycles. The fraction of sp³-hybridized carbons (Fsp3) is 0.233. The van der Waals surface area contributed by atoms with Crippen molar-refractivity contribution in [3.8, 4) is 11.3 Å². The third-order valence-electron chi connectivity index (χ3n) is 6.94. The first-order valence-corrected chi connectivity index (χ1v) is 12.3. The average Bonchev–Trinajstić information content (AvgIpc) is 2.89. The highest BCUT2D eigenvalue weighted by Gasteiger charge is 2.46. The lowest BCUT2D eigenvalue weighted by molar-refractivity contribution is -0.151. The molecule has 182 valence electrons. The van der Waals surface area contributed by atoms with Gasteiger partial charge in [0.05, 0.1) is 18.2 Å². The minimum Gasteiger partial charge on any atom is -0.468 e. The summed E-state index contributed by atoms with van der Waals surface area (Å²) in [6, 6.07) is 30.3. The summed E-state index contributed by atoms with van der Waals surface area (Å²) >= 11 is 0. The Balaban J connectivity index is 1.42. The van der Waals surface area contributed by atoms with E-state index in [0.717, 1.165) is 47.6 Å². The Bertz CT molecular complexity index is 1320. The maximum atomic E-state index is 12.4. The van der Waals surface area contributed by atoms with Gasteiger partial charge < -0.3 is 15.4 Å². The highest BCUT2D eigenvalue weighted by atomic mass is 16.5. The summed E-state index contributed by atoms with van der Waals surface area (Å²) in [4.78, 5) is 22.0. The zero-order valence-electron chi connectivity index (χ0n) is 20.6. The third kappa shape index (κ3) is 4.80. The number of anilines is 3. The van der Waals surface area contributed by atoms with Gasteiger partial charge in [0.25, 0.3) is 0 Å². The van der Waals surface area contributed by atoms with Crippen LogP contribution in [0, 0.1) is 0 Å². The lowest BCUT2D eigenvalue weighted by Gasteiger charge is -2.39. The zero-order valence-corrected chi connectivity index (χ0v) is 20.6. The van der Waals surface area contributed by atoms with Crippen LogP contribution in [0.15, 0.2) is 91.0 Å². The second-order valence-electron chi connectivity index (χ2n) is 9.23. The second kappa shape index (κ2) is 10.2. The highest BCUT2D eigenvalue weighted by Crippen LogP contribution is 2.45. The van der Waals surface area contributed by atoms with Crippen LogP contribution in [0.3, 0.4) is 0 Å². The fourth-order valence-electron chi connectivity index (χ4n) is 4.72. The molecule has 0 spiro atoms. The highest BCUT2D eigenvalue weighted by molar-refractivity contribution is 5.84. The van der Waals surface area contributed by atoms with Crippen molar-refractivity contribution in [2.24, 2.45) is 0 Å². The van der Waals surface area contributed by atoms with Gasteiger partial charge in [0.1, 0.15) is 5.82 Å². The zero-order chi connectivity index (χ0) is 25.0. The summed E-state index contributed by atoms with van der Waals surface area (Å²) in [5.41, 5.74) is 4.35. The summed E-state index contributed by atoms with van der Waals surface area (Å²) in [6.07, 6.45) is 2.68. The molecule has 0 unspecified atom stereocenters. The molecule has 5 rings (SSSR count). The minimum absolute atomic E-state index is 0.0776. The van der Waals surface area contributed by atoms with Gasteiger partial charge in [0, 0.05) is 23.4 Å². The number of methoxy groups -OCH3 is 1. The molecule has 1 saturated carbocycles. The van der Waals surface area contributed by atoms with E-state index in [1.165, 1.54) is 12.7 Å². The van der Waals surface area contributed by atoms with Crippen molar-refractivity contribution in [3.63, 3.8) is 0 Å². The average molecular weight is 479 g/mol. The van der Waals surface area contributed by atoms with Crippen molar-refractivity contribution in [2.45, 2.75) is 37.6 Å². The predicted molar refractivity (Wildman–Crippen MR) is 143 cm³/mol. The Morgan fingerprint density at radius 1 is 0.917 bits per heavy atom. The number of benzene rings is 3. The first-order chi connectivity index (χ1) is 17.6. The number of hydrogen-bond donors (Lipinski definition) is 2. The van der Waals surface area contributed by atoms with Crippen LogP contribution in [0.2, 0.25) is 0 Å². The topological polar surface area (TPSA) is 76.1 Å². The summed E-state index contributed by atoms with van der Waals surface area (Å²) in [7, 11) is 1.46. The lowest BCUT2D eigenvalue weighted by atomic mass is 9.64. The maximum absolute atomic E-state index is 12.4. The van der Waals surface area contributed by atoms with E-state index < -0.39 is 5.41 Å². The molecule has 4 aromatic rings. The standard InChI is InChI=1S/C30H30N4O2/c1-21(22-10-5-3-6-11-22)31-27-20-26(23-12-7-4-8-13-23)33-29(34-27)32-25-16-14-24(15-17-25)30(18-9-19-30)28(35)36-2/h3-8,10-17,20-21H,9,18-19H2,1-2H3,(H2,31,32,33,34)/t21-/m1/s1. The van der Waals surface area contributed by atoms with Crippen LogP contribution in [-0.2, 0) is 14.9 Å². The van der Waals surface area contributed by atoms with Gasteiger partial charge in [0.15, 0.2) is 0 Å². The van der Waals surface area contributed by atoms with E-state index in [9.17, 15) is 4.79 Å². The number of esters is 1. The van der Waals surface area contributed by atoms with Crippen molar-refractivity contribution in [1.82, 2.24) is 9.97 Å². The molecule has 36 heavy (non-hydrogen) atoms. The van der Waals surface area contributed by atoms with E-state index in [4.69, 9.17) is 14.7 Å². The van der Waals surface area contributed by atoms with Crippen LogP contribution in [0.1, 0.15) is 43.4 Å². The molecule has 3 aromatic carbocycles. The van der Waals surface area contributed by atoms with E-state index in [1.807, 2.05) is 78.9 Å². The van der Waals surface area contributed by atoms with Crippen LogP contribution >= 0.6 is 0 Å². The first kappa shape index (κ1) is 23.5. The van der Waals surface area contributed by atoms with Crippen LogP contribution in [-0.4, -0.2) is 23.0 Å². The normalized spacial score (nSPS) is 14.8. The Morgan fingerprint density at radius 2 is 1.58 bits per heavy atom. The van der Waals surface area contributed by atoms with Crippen molar-refractivity contribution >= 4 is 23.4 Å². The van der Waals surface area contributed by atoms with Gasteiger partial charge in [0.2, 0.25) is 5.95 Å². The summed E-state index contributed by atoms with van der Waals surface area (Å²) in [6.45, 7) is 2.11. The van der Waals surface area contributed by atoms with Gasteiger partial charge in [-0.15, -0.1) is 0 Å². The predicted octanol–water partition coefficient (Wildman–Crippen LogP) is 6.66. The maximum Gasteiger partial charge on any atom is 0.316 e. The van der Waals surface area contributed by atoms with Crippen molar-refractivity contribution in [2.75, 3.05) is 17.7 Å². The fourth-order valence-corrected chi connectivity index (χ4v) is 4.72. The molecule has 0 radical (unpaired) electrons. The molecule has 1 aliphatic carbocycles. The number of nitrogens with zero attached hydrogens (tertiary/aromatic N) is 2. The summed E-state index contributed by atoms with van der Waals surface area (Å²) < 4.78 is 5.09. The Morgan fingerprint density at radius 3 is 2.19 bits per heavy atom. The van der Waals surface area contributed by atoms with Gasteiger partial charge in [-0.25, -0.2) is 4.98 Å². The molecule has 6 heteroatoms. The number of aromatic nitrogens is 2. The molecule has 6 nitrogen and oxygen atoms in total. The molecular formula is C30H30N4O2. The van der Waals surface area contributed by atoms with Crippen molar-refractivity contribution in [3.05, 3.63) is 102 Å². The number of nitrogens with one attached hydrogen (secondary N) is 2. The molecule has 0 bridgehead atoms. The second-order valence-corrected chi connectivity index (χ2v) is 9.23. The summed E-state index contributed by atoms with van der Waals surface area (Å²) in [5, 5.41) is 6.86. The van der Waals surface area contributed by atoms with E-state index >= 15 is 0 Å². The Kier molecular flexibility index (Phi) is 6.67. The molecule has 2 N–H and O–H groups in total. The SMILES string of the molecule is COC(=O)C1(c2ccc(Nc3nc(N[C@H](C)c4ccccc4)cc(-c4ccccc4)n3)cc2)CCC1. The van der Waals surface area contributed by atoms with Crippen molar-refractivity contribution in [1.29, 1.82) is 0 Å². The smallest absolute Gasteiger partial charge is 0.316 e. The quantitative estimate of drug-likeness (QED) is 0.276. The van der Waals surface area contributed by atoms with Gasteiger partial charge >= 0.3 is 5.97 Å². The van der Waals surface area contributed by atoms with Gasteiger partial charge in [-0.2, -0.15) is 4.98 Å².